The number of carbonyl (C=O) groups excluding carboxylic acids is 2. The van der Waals surface area contributed by atoms with Crippen molar-refractivity contribution in [3.05, 3.63) is 35.9 Å². The van der Waals surface area contributed by atoms with Crippen LogP contribution in [0.1, 0.15) is 25.5 Å². The summed E-state index contributed by atoms with van der Waals surface area (Å²) >= 11 is 0. The van der Waals surface area contributed by atoms with Crippen LogP contribution in [-0.4, -0.2) is 36.2 Å². The number of carbonyl (C=O) groups is 2. The fourth-order valence-electron chi connectivity index (χ4n) is 2.20. The van der Waals surface area contributed by atoms with Crippen LogP contribution in [0.5, 0.6) is 0 Å². The van der Waals surface area contributed by atoms with Crippen molar-refractivity contribution in [3.8, 4) is 0 Å². The summed E-state index contributed by atoms with van der Waals surface area (Å²) in [6, 6.07) is 8.99. The maximum atomic E-state index is 11.8. The summed E-state index contributed by atoms with van der Waals surface area (Å²) in [5.74, 6) is -0.324. The highest BCUT2D eigenvalue weighted by Gasteiger charge is 2.49. The Balaban J connectivity index is 2.13. The molecule has 5 nitrogen and oxygen atoms in total. The van der Waals surface area contributed by atoms with Gasteiger partial charge in [-0.15, -0.1) is 0 Å². The van der Waals surface area contributed by atoms with Gasteiger partial charge in [0.15, 0.2) is 12.4 Å². The minimum Gasteiger partial charge on any atom is -0.353 e. The first-order valence-electron chi connectivity index (χ1n) is 6.28. The Morgan fingerprint density at radius 2 is 2.05 bits per heavy atom. The lowest BCUT2D eigenvalue weighted by Crippen LogP contribution is -2.60. The molecule has 3 atom stereocenters. The molecule has 1 aliphatic heterocycles. The highest BCUT2D eigenvalue weighted by atomic mass is 16.7. The topological polar surface area (TPSA) is 55.8 Å². The first kappa shape index (κ1) is 13.7. The molecule has 1 heterocycles. The van der Waals surface area contributed by atoms with E-state index in [4.69, 9.17) is 9.47 Å². The Morgan fingerprint density at radius 1 is 1.37 bits per heavy atom. The SMILES string of the molecule is CCOC(C)OC1C(=O)N(C=O)C1c1ccccc1. The maximum absolute atomic E-state index is 11.8. The zero-order chi connectivity index (χ0) is 13.8. The van der Waals surface area contributed by atoms with E-state index in [2.05, 4.69) is 0 Å². The molecule has 1 saturated heterocycles. The molecular formula is C14H17NO4. The van der Waals surface area contributed by atoms with Crippen LogP contribution in [0, 0.1) is 0 Å². The van der Waals surface area contributed by atoms with Crippen LogP contribution in [0.3, 0.4) is 0 Å². The molecule has 0 aliphatic carbocycles. The first-order valence-corrected chi connectivity index (χ1v) is 6.28. The van der Waals surface area contributed by atoms with Crippen molar-refractivity contribution < 1.29 is 19.1 Å². The zero-order valence-electron chi connectivity index (χ0n) is 11.0. The number of hydrogen-bond acceptors (Lipinski definition) is 4. The average molecular weight is 263 g/mol. The number of nitrogens with zero attached hydrogens (tertiary/aromatic N) is 1. The van der Waals surface area contributed by atoms with Crippen molar-refractivity contribution in [1.82, 2.24) is 4.90 Å². The van der Waals surface area contributed by atoms with E-state index < -0.39 is 12.4 Å². The van der Waals surface area contributed by atoms with Gasteiger partial charge in [0.25, 0.3) is 5.91 Å². The summed E-state index contributed by atoms with van der Waals surface area (Å²) in [7, 11) is 0. The second-order valence-electron chi connectivity index (χ2n) is 4.29. The van der Waals surface area contributed by atoms with Gasteiger partial charge >= 0.3 is 0 Å². The van der Waals surface area contributed by atoms with Crippen molar-refractivity contribution in [1.29, 1.82) is 0 Å². The number of benzene rings is 1. The van der Waals surface area contributed by atoms with Crippen molar-refractivity contribution in [2.24, 2.45) is 0 Å². The van der Waals surface area contributed by atoms with Crippen LogP contribution in [0.15, 0.2) is 30.3 Å². The highest BCUT2D eigenvalue weighted by Crippen LogP contribution is 2.36. The van der Waals surface area contributed by atoms with Gasteiger partial charge in [0, 0.05) is 6.61 Å². The molecule has 0 aromatic heterocycles. The molecule has 1 aliphatic rings. The number of imide groups is 1. The van der Waals surface area contributed by atoms with Crippen LogP contribution in [0.2, 0.25) is 0 Å². The molecule has 5 heteroatoms. The fraction of sp³-hybridized carbons (Fsp3) is 0.429. The monoisotopic (exact) mass is 263 g/mol. The summed E-state index contributed by atoms with van der Waals surface area (Å²) in [5.41, 5.74) is 0.878. The molecule has 1 aromatic carbocycles. The van der Waals surface area contributed by atoms with Crippen LogP contribution in [0.25, 0.3) is 0 Å². The minimum absolute atomic E-state index is 0.324. The van der Waals surface area contributed by atoms with Gasteiger partial charge in [-0.3, -0.25) is 14.5 Å². The van der Waals surface area contributed by atoms with E-state index >= 15 is 0 Å². The van der Waals surface area contributed by atoms with E-state index in [1.54, 1.807) is 6.92 Å². The van der Waals surface area contributed by atoms with E-state index in [0.717, 1.165) is 10.5 Å². The van der Waals surface area contributed by atoms with Crippen LogP contribution in [0.4, 0.5) is 0 Å². The standard InChI is InChI=1S/C14H17NO4/c1-3-18-10(2)19-13-12(15(9-16)14(13)17)11-7-5-4-6-8-11/h4-10,12-13H,3H2,1-2H3. The number of hydrogen-bond donors (Lipinski definition) is 0. The van der Waals surface area contributed by atoms with Gasteiger partial charge in [-0.05, 0) is 19.4 Å². The largest absolute Gasteiger partial charge is 0.353 e. The predicted octanol–water partition coefficient (Wildman–Crippen LogP) is 1.49. The molecule has 0 spiro atoms. The Morgan fingerprint density at radius 3 is 2.63 bits per heavy atom. The van der Waals surface area contributed by atoms with Gasteiger partial charge in [-0.2, -0.15) is 0 Å². The molecule has 19 heavy (non-hydrogen) atoms. The molecule has 0 saturated carbocycles. The molecule has 2 amide bonds. The fourth-order valence-corrected chi connectivity index (χ4v) is 2.20. The smallest absolute Gasteiger partial charge is 0.261 e. The third-order valence-electron chi connectivity index (χ3n) is 3.08. The lowest BCUT2D eigenvalue weighted by molar-refractivity contribution is -0.212. The third-order valence-corrected chi connectivity index (χ3v) is 3.08. The molecular weight excluding hydrogens is 246 g/mol. The Hall–Kier alpha value is -1.72. The lowest BCUT2D eigenvalue weighted by atomic mass is 9.91. The quantitative estimate of drug-likeness (QED) is 0.443. The molecule has 102 valence electrons. The Kier molecular flexibility index (Phi) is 4.29. The molecule has 0 radical (unpaired) electrons. The van der Waals surface area contributed by atoms with E-state index in [-0.39, 0.29) is 11.9 Å². The molecule has 3 unspecified atom stereocenters. The summed E-state index contributed by atoms with van der Waals surface area (Å²) < 4.78 is 10.8. The second kappa shape index (κ2) is 5.95. The van der Waals surface area contributed by atoms with E-state index in [1.165, 1.54) is 0 Å². The molecule has 2 rings (SSSR count). The van der Waals surface area contributed by atoms with Gasteiger partial charge in [-0.25, -0.2) is 0 Å². The number of rotatable bonds is 6. The van der Waals surface area contributed by atoms with E-state index in [0.29, 0.717) is 13.0 Å². The molecule has 0 bridgehead atoms. The number of β-lactam (4-membered cyclic amide) rings is 1. The summed E-state index contributed by atoms with van der Waals surface area (Å²) in [6.07, 6.45) is -0.585. The average Bonchev–Trinajstić information content (AvgIpc) is 2.43. The second-order valence-corrected chi connectivity index (χ2v) is 4.29. The molecule has 0 N–H and O–H groups in total. The van der Waals surface area contributed by atoms with Gasteiger partial charge in [-0.1, -0.05) is 30.3 Å². The number of amides is 2. The van der Waals surface area contributed by atoms with Crippen LogP contribution in [-0.2, 0) is 19.1 Å². The van der Waals surface area contributed by atoms with Gasteiger partial charge in [0.2, 0.25) is 6.41 Å². The molecule has 1 fully saturated rings. The van der Waals surface area contributed by atoms with Crippen LogP contribution < -0.4 is 0 Å². The van der Waals surface area contributed by atoms with Crippen molar-refractivity contribution in [3.63, 3.8) is 0 Å². The summed E-state index contributed by atoms with van der Waals surface area (Å²) in [5, 5.41) is 0. The van der Waals surface area contributed by atoms with Crippen molar-refractivity contribution in [2.45, 2.75) is 32.3 Å². The van der Waals surface area contributed by atoms with Crippen molar-refractivity contribution >= 4 is 12.3 Å². The lowest BCUT2D eigenvalue weighted by Gasteiger charge is -2.43. The summed E-state index contributed by atoms with van der Waals surface area (Å²) in [6.45, 7) is 4.10. The highest BCUT2D eigenvalue weighted by molar-refractivity contribution is 5.97. The Bertz CT molecular complexity index is 448. The van der Waals surface area contributed by atoms with E-state index in [1.807, 2.05) is 37.3 Å². The zero-order valence-corrected chi connectivity index (χ0v) is 11.0. The van der Waals surface area contributed by atoms with Gasteiger partial charge in [0.1, 0.15) is 0 Å². The number of likely N-dealkylation sites (tertiary alicyclic amines) is 1. The number of ether oxygens (including phenoxy) is 2. The predicted molar refractivity (Wildman–Crippen MR) is 68.1 cm³/mol. The third kappa shape index (κ3) is 2.67. The van der Waals surface area contributed by atoms with Crippen LogP contribution >= 0.6 is 0 Å². The van der Waals surface area contributed by atoms with Crippen molar-refractivity contribution in [2.75, 3.05) is 6.61 Å². The Labute approximate surface area is 112 Å². The van der Waals surface area contributed by atoms with Gasteiger partial charge in [0.05, 0.1) is 6.04 Å². The van der Waals surface area contributed by atoms with E-state index in [9.17, 15) is 9.59 Å². The minimum atomic E-state index is -0.658. The molecule has 1 aromatic rings. The summed E-state index contributed by atoms with van der Waals surface area (Å²) in [4.78, 5) is 23.9. The maximum Gasteiger partial charge on any atom is 0.261 e. The normalized spacial score (nSPS) is 23.9. The first-order chi connectivity index (χ1) is 9.19. The van der Waals surface area contributed by atoms with Gasteiger partial charge < -0.3 is 9.47 Å².